The fourth-order valence-electron chi connectivity index (χ4n) is 1.41. The van der Waals surface area contributed by atoms with Crippen LogP contribution in [-0.2, 0) is 4.79 Å². The molecule has 0 N–H and O–H groups in total. The molecule has 0 aliphatic heterocycles. The second-order valence-electron chi connectivity index (χ2n) is 3.92. The Hall–Kier alpha value is -1.37. The third kappa shape index (κ3) is 14.6. The molecule has 0 fully saturated rings. The number of allylic oxidation sites excluding steroid dienone is 8. The molecule has 0 unspecified atom stereocenters. The van der Waals surface area contributed by atoms with Crippen molar-refractivity contribution in [2.45, 2.75) is 45.4 Å². The Labute approximate surface area is 106 Å². The van der Waals surface area contributed by atoms with Crippen molar-refractivity contribution in [3.05, 3.63) is 48.6 Å². The van der Waals surface area contributed by atoms with E-state index in [1.807, 2.05) is 24.3 Å². The second kappa shape index (κ2) is 14.6. The minimum Gasteiger partial charge on any atom is -0.299 e. The topological polar surface area (TPSA) is 17.1 Å². The molecule has 0 aliphatic carbocycles. The molecule has 0 rings (SSSR count). The van der Waals surface area contributed by atoms with Crippen LogP contribution < -0.4 is 0 Å². The Bertz CT molecular complexity index is 269. The maximum atomic E-state index is 9.96. The molecular weight excluding hydrogens is 208 g/mol. The highest BCUT2D eigenvalue weighted by Gasteiger charge is 1.85. The lowest BCUT2D eigenvalue weighted by Crippen LogP contribution is -1.75. The van der Waals surface area contributed by atoms with Gasteiger partial charge in [0.25, 0.3) is 0 Å². The minimum absolute atomic E-state index is 0.770. The maximum Gasteiger partial charge on any atom is 0.142 e. The molecule has 0 amide bonds. The van der Waals surface area contributed by atoms with Gasteiger partial charge in [-0.1, -0.05) is 75.1 Å². The number of rotatable bonds is 10. The van der Waals surface area contributed by atoms with Gasteiger partial charge in [0, 0.05) is 0 Å². The first-order valence-electron chi connectivity index (χ1n) is 6.52. The fraction of sp³-hybridized carbons (Fsp3) is 0.438. The molecule has 0 saturated carbocycles. The molecule has 1 heteroatoms. The van der Waals surface area contributed by atoms with Gasteiger partial charge in [-0.05, 0) is 18.9 Å². The van der Waals surface area contributed by atoms with Gasteiger partial charge < -0.3 is 0 Å². The molecule has 17 heavy (non-hydrogen) atoms. The quantitative estimate of drug-likeness (QED) is 0.229. The first-order valence-corrected chi connectivity index (χ1v) is 6.52. The number of carbonyl (C=O) groups excluding carboxylic acids is 1. The number of aldehydes is 1. The van der Waals surface area contributed by atoms with Crippen LogP contribution in [0.4, 0.5) is 0 Å². The van der Waals surface area contributed by atoms with E-state index >= 15 is 0 Å². The van der Waals surface area contributed by atoms with Crippen molar-refractivity contribution in [2.75, 3.05) is 0 Å². The summed E-state index contributed by atoms with van der Waals surface area (Å²) in [6, 6.07) is 0. The molecule has 1 nitrogen and oxygen atoms in total. The lowest BCUT2D eigenvalue weighted by molar-refractivity contribution is -0.104. The van der Waals surface area contributed by atoms with Crippen LogP contribution in [0.5, 0.6) is 0 Å². The Morgan fingerprint density at radius 3 is 1.94 bits per heavy atom. The fourth-order valence-corrected chi connectivity index (χ4v) is 1.41. The predicted molar refractivity (Wildman–Crippen MR) is 76.0 cm³/mol. The molecule has 0 spiro atoms. The van der Waals surface area contributed by atoms with Crippen LogP contribution in [0.15, 0.2) is 48.6 Å². The van der Waals surface area contributed by atoms with Crippen molar-refractivity contribution in [2.24, 2.45) is 0 Å². The van der Waals surface area contributed by atoms with Crippen molar-refractivity contribution in [3.8, 4) is 0 Å². The molecule has 0 aromatic heterocycles. The van der Waals surface area contributed by atoms with Crippen LogP contribution >= 0.6 is 0 Å². The number of carbonyl (C=O) groups is 1. The highest BCUT2D eigenvalue weighted by molar-refractivity contribution is 5.65. The lowest BCUT2D eigenvalue weighted by atomic mass is 10.1. The zero-order valence-electron chi connectivity index (χ0n) is 10.8. The van der Waals surface area contributed by atoms with E-state index in [-0.39, 0.29) is 0 Å². The van der Waals surface area contributed by atoms with Crippen molar-refractivity contribution in [1.29, 1.82) is 0 Å². The summed E-state index contributed by atoms with van der Waals surface area (Å²) in [5.41, 5.74) is 0. The normalized spacial score (nSPS) is 12.5. The summed E-state index contributed by atoms with van der Waals surface area (Å²) in [4.78, 5) is 9.96. The van der Waals surface area contributed by atoms with E-state index in [1.54, 1.807) is 6.08 Å². The highest BCUT2D eigenvalue weighted by Crippen LogP contribution is 2.05. The standard InChI is InChI=1S/C16H24O/c1-2-3-4-5-6-7-8-9-10-11-12-13-14-15-16-17/h8-16H,2-7H2,1H3. The molecule has 0 bridgehead atoms. The van der Waals surface area contributed by atoms with Gasteiger partial charge in [0.1, 0.15) is 6.29 Å². The van der Waals surface area contributed by atoms with Crippen LogP contribution in [0.3, 0.4) is 0 Å². The van der Waals surface area contributed by atoms with E-state index in [0.717, 1.165) is 6.29 Å². The van der Waals surface area contributed by atoms with Crippen LogP contribution in [-0.4, -0.2) is 6.29 Å². The average Bonchev–Trinajstić information content (AvgIpc) is 2.35. The third-order valence-electron chi connectivity index (χ3n) is 2.36. The van der Waals surface area contributed by atoms with E-state index in [4.69, 9.17) is 0 Å². The van der Waals surface area contributed by atoms with Crippen molar-refractivity contribution < 1.29 is 4.79 Å². The molecular formula is C16H24O. The largest absolute Gasteiger partial charge is 0.299 e. The molecule has 0 aliphatic rings. The Kier molecular flexibility index (Phi) is 13.5. The van der Waals surface area contributed by atoms with Crippen LogP contribution in [0.2, 0.25) is 0 Å². The molecule has 0 atom stereocenters. The van der Waals surface area contributed by atoms with E-state index in [0.29, 0.717) is 0 Å². The van der Waals surface area contributed by atoms with E-state index < -0.39 is 0 Å². The van der Waals surface area contributed by atoms with E-state index in [9.17, 15) is 4.79 Å². The second-order valence-corrected chi connectivity index (χ2v) is 3.92. The molecule has 0 aromatic carbocycles. The molecule has 0 radical (unpaired) electrons. The van der Waals surface area contributed by atoms with Gasteiger partial charge in [-0.2, -0.15) is 0 Å². The highest BCUT2D eigenvalue weighted by atomic mass is 16.1. The van der Waals surface area contributed by atoms with Crippen molar-refractivity contribution in [1.82, 2.24) is 0 Å². The number of hydrogen-bond donors (Lipinski definition) is 0. The average molecular weight is 232 g/mol. The maximum absolute atomic E-state index is 9.96. The van der Waals surface area contributed by atoms with Crippen molar-refractivity contribution >= 4 is 6.29 Å². The van der Waals surface area contributed by atoms with Gasteiger partial charge in [0.2, 0.25) is 0 Å². The Morgan fingerprint density at radius 2 is 1.29 bits per heavy atom. The zero-order chi connectivity index (χ0) is 12.6. The molecule has 94 valence electrons. The van der Waals surface area contributed by atoms with Crippen molar-refractivity contribution in [3.63, 3.8) is 0 Å². The van der Waals surface area contributed by atoms with Gasteiger partial charge in [-0.15, -0.1) is 0 Å². The predicted octanol–water partition coefficient (Wildman–Crippen LogP) is 4.77. The number of unbranched alkanes of at least 4 members (excludes halogenated alkanes) is 5. The monoisotopic (exact) mass is 232 g/mol. The SMILES string of the molecule is CCCCCCCC=CC=CC=CC=CC=O. The van der Waals surface area contributed by atoms with Gasteiger partial charge in [0.15, 0.2) is 0 Å². The Morgan fingerprint density at radius 1 is 0.706 bits per heavy atom. The van der Waals surface area contributed by atoms with Gasteiger partial charge in [-0.3, -0.25) is 4.79 Å². The smallest absolute Gasteiger partial charge is 0.142 e. The summed E-state index contributed by atoms with van der Waals surface area (Å²) in [5.74, 6) is 0. The van der Waals surface area contributed by atoms with Gasteiger partial charge in [-0.25, -0.2) is 0 Å². The van der Waals surface area contributed by atoms with Gasteiger partial charge in [0.05, 0.1) is 0 Å². The first-order chi connectivity index (χ1) is 8.41. The zero-order valence-corrected chi connectivity index (χ0v) is 10.8. The summed E-state index contributed by atoms with van der Waals surface area (Å²) in [7, 11) is 0. The van der Waals surface area contributed by atoms with Crippen LogP contribution in [0.25, 0.3) is 0 Å². The van der Waals surface area contributed by atoms with Crippen LogP contribution in [0, 0.1) is 0 Å². The Balaban J connectivity index is 3.40. The van der Waals surface area contributed by atoms with E-state index in [2.05, 4.69) is 19.1 Å². The van der Waals surface area contributed by atoms with Gasteiger partial charge >= 0.3 is 0 Å². The summed E-state index contributed by atoms with van der Waals surface area (Å²) >= 11 is 0. The summed E-state index contributed by atoms with van der Waals surface area (Å²) < 4.78 is 0. The van der Waals surface area contributed by atoms with Crippen LogP contribution in [0.1, 0.15) is 45.4 Å². The summed E-state index contributed by atoms with van der Waals surface area (Å²) in [6.45, 7) is 2.24. The molecule has 0 heterocycles. The summed E-state index contributed by atoms with van der Waals surface area (Å²) in [6.07, 6.45) is 23.8. The first kappa shape index (κ1) is 15.6. The third-order valence-corrected chi connectivity index (χ3v) is 2.36. The molecule has 0 saturated heterocycles. The molecule has 0 aromatic rings. The van der Waals surface area contributed by atoms with E-state index in [1.165, 1.54) is 44.6 Å². The lowest BCUT2D eigenvalue weighted by Gasteiger charge is -1.95. The number of hydrogen-bond acceptors (Lipinski definition) is 1. The minimum atomic E-state index is 0.770. The summed E-state index contributed by atoms with van der Waals surface area (Å²) in [5, 5.41) is 0.